The van der Waals surface area contributed by atoms with Gasteiger partial charge in [0, 0.05) is 13.2 Å². The van der Waals surface area contributed by atoms with Gasteiger partial charge < -0.3 is 18.8 Å². The largest absolute Gasteiger partial charge is 0.341 e. The molecule has 27 heavy (non-hydrogen) atoms. The van der Waals surface area contributed by atoms with E-state index in [2.05, 4.69) is 9.97 Å². The predicted octanol–water partition coefficient (Wildman–Crippen LogP) is 1.66. The Hall–Kier alpha value is -1.85. The molecular formula is C16H18ClFN4O5. The maximum absolute atomic E-state index is 14.4. The summed E-state index contributed by atoms with van der Waals surface area (Å²) in [5.74, 6) is -1.98. The minimum Gasteiger partial charge on any atom is -0.341 e. The van der Waals surface area contributed by atoms with E-state index in [0.29, 0.717) is 0 Å². The Morgan fingerprint density at radius 3 is 2.78 bits per heavy atom. The van der Waals surface area contributed by atoms with Crippen LogP contribution in [0.15, 0.2) is 12.5 Å². The quantitative estimate of drug-likeness (QED) is 0.572. The fourth-order valence-electron chi connectivity index (χ4n) is 3.47. The molecule has 4 heterocycles. The Morgan fingerprint density at radius 1 is 1.37 bits per heavy atom. The highest BCUT2D eigenvalue weighted by Gasteiger charge is 2.59. The molecule has 0 bridgehead atoms. The van der Waals surface area contributed by atoms with Crippen LogP contribution in [0.3, 0.4) is 0 Å². The average Bonchev–Trinajstić information content (AvgIpc) is 3.22. The smallest absolute Gasteiger partial charge is 0.277 e. The molecule has 4 atom stereocenters. The molecule has 0 aliphatic carbocycles. The lowest BCUT2D eigenvalue weighted by atomic mass is 10.1. The van der Waals surface area contributed by atoms with E-state index in [1.807, 2.05) is 0 Å². The van der Waals surface area contributed by atoms with Crippen LogP contribution in [0.5, 0.6) is 0 Å². The van der Waals surface area contributed by atoms with Gasteiger partial charge in [0.05, 0.1) is 12.5 Å². The SMILES string of the molecule is CON(C)C(=O)[C@H]1O[C@@H](n2cc(F)c3c(Cl)ncnc32)[C@@H]2OC(C)(C)O[C@@H]21. The molecule has 0 unspecified atom stereocenters. The van der Waals surface area contributed by atoms with Crippen molar-refractivity contribution in [3.63, 3.8) is 0 Å². The monoisotopic (exact) mass is 400 g/mol. The van der Waals surface area contributed by atoms with Crippen LogP contribution in [0.25, 0.3) is 11.0 Å². The first-order valence-corrected chi connectivity index (χ1v) is 8.60. The molecule has 2 aromatic heterocycles. The predicted molar refractivity (Wildman–Crippen MR) is 90.0 cm³/mol. The van der Waals surface area contributed by atoms with Gasteiger partial charge >= 0.3 is 0 Å². The number of amides is 1. The minimum absolute atomic E-state index is 0.0125. The first-order chi connectivity index (χ1) is 12.7. The third kappa shape index (κ3) is 2.88. The Morgan fingerprint density at radius 2 is 2.07 bits per heavy atom. The van der Waals surface area contributed by atoms with Gasteiger partial charge in [-0.2, -0.15) is 0 Å². The molecular weight excluding hydrogens is 383 g/mol. The normalized spacial score (nSPS) is 29.3. The van der Waals surface area contributed by atoms with Gasteiger partial charge in [-0.25, -0.2) is 19.4 Å². The second-order valence-corrected chi connectivity index (χ2v) is 7.14. The van der Waals surface area contributed by atoms with E-state index >= 15 is 0 Å². The molecule has 0 aromatic carbocycles. The fraction of sp³-hybridized carbons (Fsp3) is 0.562. The van der Waals surface area contributed by atoms with Gasteiger partial charge in [0.1, 0.15) is 29.3 Å². The second kappa shape index (κ2) is 6.35. The summed E-state index contributed by atoms with van der Waals surface area (Å²) in [6, 6.07) is 0. The summed E-state index contributed by atoms with van der Waals surface area (Å²) in [5, 5.41) is 1.11. The molecule has 0 spiro atoms. The van der Waals surface area contributed by atoms with E-state index in [1.165, 1.54) is 31.2 Å². The standard InChI is InChI=1S/C16H18ClFN4O5/c1-16(2)26-9-10(14(23)21(3)24-4)25-15(11(9)27-16)22-5-7(18)8-12(17)19-6-20-13(8)22/h5-6,9-11,15H,1-4H3/t9-,10+,11-,15-/m1/s1. The second-order valence-electron chi connectivity index (χ2n) is 6.78. The first kappa shape index (κ1) is 18.5. The number of hydroxylamine groups is 2. The number of fused-ring (bicyclic) bond motifs is 2. The van der Waals surface area contributed by atoms with Gasteiger partial charge in [-0.15, -0.1) is 0 Å². The number of likely N-dealkylation sites (N-methyl/N-ethyl adjacent to an activating group) is 1. The zero-order valence-corrected chi connectivity index (χ0v) is 15.8. The molecule has 1 amide bonds. The highest BCUT2D eigenvalue weighted by molar-refractivity contribution is 6.34. The van der Waals surface area contributed by atoms with Crippen LogP contribution < -0.4 is 0 Å². The Bertz CT molecular complexity index is 906. The van der Waals surface area contributed by atoms with Crippen LogP contribution in [0, 0.1) is 5.82 Å². The summed E-state index contributed by atoms with van der Waals surface area (Å²) in [6.07, 6.45) is -0.784. The molecule has 2 aromatic rings. The highest BCUT2D eigenvalue weighted by Crippen LogP contribution is 2.44. The van der Waals surface area contributed by atoms with E-state index in [-0.39, 0.29) is 16.2 Å². The van der Waals surface area contributed by atoms with Crippen LogP contribution in [-0.4, -0.2) is 63.8 Å². The third-order valence-electron chi connectivity index (χ3n) is 4.65. The zero-order valence-electron chi connectivity index (χ0n) is 15.1. The summed E-state index contributed by atoms with van der Waals surface area (Å²) < 4.78 is 33.6. The lowest BCUT2D eigenvalue weighted by Crippen LogP contribution is -2.43. The summed E-state index contributed by atoms with van der Waals surface area (Å²) >= 11 is 6.00. The van der Waals surface area contributed by atoms with Crippen LogP contribution in [0.4, 0.5) is 4.39 Å². The topological polar surface area (TPSA) is 87.9 Å². The van der Waals surface area contributed by atoms with Crippen LogP contribution in [-0.2, 0) is 23.8 Å². The summed E-state index contributed by atoms with van der Waals surface area (Å²) in [6.45, 7) is 3.47. The van der Waals surface area contributed by atoms with Crippen molar-refractivity contribution in [3.05, 3.63) is 23.5 Å². The van der Waals surface area contributed by atoms with Crippen LogP contribution in [0.2, 0.25) is 5.15 Å². The van der Waals surface area contributed by atoms with Crippen LogP contribution >= 0.6 is 11.6 Å². The number of halogens is 2. The molecule has 11 heteroatoms. The van der Waals surface area contributed by atoms with Gasteiger partial charge in [0.15, 0.2) is 23.9 Å². The molecule has 2 aliphatic rings. The third-order valence-corrected chi connectivity index (χ3v) is 4.93. The lowest BCUT2D eigenvalue weighted by molar-refractivity contribution is -0.211. The first-order valence-electron chi connectivity index (χ1n) is 8.23. The van der Waals surface area contributed by atoms with Gasteiger partial charge in [-0.05, 0) is 13.8 Å². The number of carbonyl (C=O) groups excluding carboxylic acids is 1. The maximum Gasteiger partial charge on any atom is 0.277 e. The van der Waals surface area contributed by atoms with E-state index in [0.717, 1.165) is 5.06 Å². The van der Waals surface area contributed by atoms with E-state index in [9.17, 15) is 9.18 Å². The van der Waals surface area contributed by atoms with Gasteiger partial charge in [-0.1, -0.05) is 11.6 Å². The van der Waals surface area contributed by atoms with E-state index in [4.69, 9.17) is 30.6 Å². The summed E-state index contributed by atoms with van der Waals surface area (Å²) in [5.41, 5.74) is 0.234. The number of nitrogens with zero attached hydrogens (tertiary/aromatic N) is 4. The zero-order chi connectivity index (χ0) is 19.5. The van der Waals surface area contributed by atoms with Gasteiger partial charge in [-0.3, -0.25) is 9.63 Å². The number of aromatic nitrogens is 3. The number of ether oxygens (including phenoxy) is 3. The molecule has 9 nitrogen and oxygen atoms in total. The van der Waals surface area contributed by atoms with Crippen molar-refractivity contribution in [2.75, 3.05) is 14.2 Å². The Kier molecular flexibility index (Phi) is 4.35. The van der Waals surface area contributed by atoms with Crippen molar-refractivity contribution in [2.45, 2.75) is 44.2 Å². The van der Waals surface area contributed by atoms with Gasteiger partial charge in [0.25, 0.3) is 5.91 Å². The highest BCUT2D eigenvalue weighted by atomic mass is 35.5. The molecule has 4 rings (SSSR count). The molecule has 2 saturated heterocycles. The number of rotatable bonds is 3. The van der Waals surface area contributed by atoms with Crippen molar-refractivity contribution < 1.29 is 28.2 Å². The van der Waals surface area contributed by atoms with E-state index < -0.39 is 42.1 Å². The molecule has 0 saturated carbocycles. The van der Waals surface area contributed by atoms with Crippen molar-refractivity contribution in [1.29, 1.82) is 0 Å². The molecule has 2 fully saturated rings. The molecule has 0 N–H and O–H groups in total. The lowest BCUT2D eigenvalue weighted by Gasteiger charge is -2.25. The van der Waals surface area contributed by atoms with Crippen LogP contribution in [0.1, 0.15) is 20.1 Å². The molecule has 2 aliphatic heterocycles. The van der Waals surface area contributed by atoms with E-state index in [1.54, 1.807) is 13.8 Å². The van der Waals surface area contributed by atoms with Gasteiger partial charge in [0.2, 0.25) is 0 Å². The number of hydrogen-bond acceptors (Lipinski definition) is 7. The van der Waals surface area contributed by atoms with Crippen molar-refractivity contribution in [1.82, 2.24) is 19.6 Å². The maximum atomic E-state index is 14.4. The molecule has 0 radical (unpaired) electrons. The van der Waals surface area contributed by atoms with Crippen molar-refractivity contribution in [3.8, 4) is 0 Å². The van der Waals surface area contributed by atoms with Crippen molar-refractivity contribution >= 4 is 28.5 Å². The molecule has 146 valence electrons. The fourth-order valence-corrected chi connectivity index (χ4v) is 3.69. The Balaban J connectivity index is 1.77. The number of carbonyl (C=O) groups is 1. The minimum atomic E-state index is -0.996. The number of hydrogen-bond donors (Lipinski definition) is 0. The average molecular weight is 401 g/mol. The Labute approximate surface area is 158 Å². The summed E-state index contributed by atoms with van der Waals surface area (Å²) in [7, 11) is 2.83. The van der Waals surface area contributed by atoms with Crippen molar-refractivity contribution in [2.24, 2.45) is 0 Å². The summed E-state index contributed by atoms with van der Waals surface area (Å²) in [4.78, 5) is 25.5.